The molecule has 0 atom stereocenters. The lowest BCUT2D eigenvalue weighted by molar-refractivity contribution is 0.103. The third-order valence-corrected chi connectivity index (χ3v) is 18.5. The summed E-state index contributed by atoms with van der Waals surface area (Å²) in [6.07, 6.45) is 16.1. The standard InChI is InChI=1S/C21H20N2O4.2C20H18N2O3.C19H16N2O2.C18H14N2O/c1-27-21-10-15(9-16(12-24)18(21)13-25)19-11-17(22-23-19)7-8-20(26)14-5-3-2-4-6-14;1-25-18-10-14(13-23)9-16(11-18)19-12-17(21-22-19)7-8-20(24)15-5-3-2-4-6-15;23-12-16-7-6-15(10-17(16)13-24)19-11-18(21-22-19)8-9-20(25)14-4-2-1-3-5-14;22-13-14-6-8-15(9-7-14)18-12-17(20-21-18)10-11-19(23)16-4-2-1-3-5-16;21-18(15-9-5-2-6-10-15)12-11-16-13-17(20-19-16)14-7-3-1-4-8-14/h2-11,24-25H,12-13H2,1H3,(H,22,23);2-12,23H,13H2,1H3,(H,21,22);1-11,23-24H,12-13H2,(H,21,22);1-12,22H,13H2,(H,20,21);1-13H,(H,19,20)/b2*8-7+;9-8+;11-10+;12-11+. The Bertz CT molecular complexity index is 6010. The molecular formula is C98H86N10O13. The molecule has 11 N–H and O–H groups in total. The zero-order valence-electron chi connectivity index (χ0n) is 65.9. The summed E-state index contributed by atoms with van der Waals surface area (Å²) in [4.78, 5) is 60.3. The Kier molecular flexibility index (Phi) is 31.9. The Labute approximate surface area is 697 Å². The van der Waals surface area contributed by atoms with Crippen LogP contribution in [0.3, 0.4) is 0 Å². The number of aliphatic hydroxyl groups is 6. The Hall–Kier alpha value is -15.3. The van der Waals surface area contributed by atoms with Crippen molar-refractivity contribution in [2.24, 2.45) is 0 Å². The third-order valence-electron chi connectivity index (χ3n) is 18.5. The molecule has 0 saturated heterocycles. The zero-order chi connectivity index (χ0) is 85.1. The van der Waals surface area contributed by atoms with Crippen molar-refractivity contribution in [1.29, 1.82) is 0 Å². The highest BCUT2D eigenvalue weighted by atomic mass is 16.5. The Balaban J connectivity index is 0.000000148. The summed E-state index contributed by atoms with van der Waals surface area (Å²) in [6, 6.07) is 86.5. The average Bonchev–Trinajstić information content (AvgIpc) is 1.76. The second-order valence-electron chi connectivity index (χ2n) is 26.7. The van der Waals surface area contributed by atoms with E-state index in [4.69, 9.17) is 14.6 Å². The molecule has 0 aliphatic carbocycles. The molecular weight excluding hydrogens is 1530 g/mol. The number of benzene rings is 10. The number of aliphatic hydroxyl groups excluding tert-OH is 6. The SMILES string of the molecule is COc1cc(-c2cc(/C=C/C(=O)c3ccccc3)[nH]n2)cc(CO)c1CO.COc1cc(CO)cc(-c2cc(/C=C/C(=O)c3ccccc3)[nH]n2)c1.O=C(/C=C/c1cc(-c2ccc(CO)c(CO)c2)n[nH]1)c1ccccc1.O=C(/C=C/c1cc(-c2ccc(CO)cc2)n[nH]1)c1ccccc1.O=C(/C=C/c1cc(-c2ccccc2)n[nH]1)c1ccccc1. The van der Waals surface area contributed by atoms with Crippen molar-refractivity contribution in [1.82, 2.24) is 51.0 Å². The molecule has 0 saturated carbocycles. The molecule has 5 heterocycles. The number of nitrogens with one attached hydrogen (secondary N) is 5. The van der Waals surface area contributed by atoms with Crippen LogP contribution in [0.5, 0.6) is 11.5 Å². The summed E-state index contributed by atoms with van der Waals surface area (Å²) < 4.78 is 10.6. The van der Waals surface area contributed by atoms with Gasteiger partial charge in [0.15, 0.2) is 28.9 Å². The van der Waals surface area contributed by atoms with Gasteiger partial charge >= 0.3 is 0 Å². The van der Waals surface area contributed by atoms with Crippen LogP contribution < -0.4 is 9.47 Å². The highest BCUT2D eigenvalue weighted by molar-refractivity contribution is 6.09. The van der Waals surface area contributed by atoms with Gasteiger partial charge in [-0.3, -0.25) is 49.5 Å². The zero-order valence-corrected chi connectivity index (χ0v) is 65.9. The predicted octanol–water partition coefficient (Wildman–Crippen LogP) is 16.8. The summed E-state index contributed by atoms with van der Waals surface area (Å²) in [5, 5.41) is 91.8. The van der Waals surface area contributed by atoms with E-state index in [1.807, 2.05) is 188 Å². The number of methoxy groups -OCH3 is 2. The van der Waals surface area contributed by atoms with Crippen molar-refractivity contribution in [3.63, 3.8) is 0 Å². The van der Waals surface area contributed by atoms with Gasteiger partial charge in [0.25, 0.3) is 0 Å². The maximum Gasteiger partial charge on any atom is 0.185 e. The fourth-order valence-electron chi connectivity index (χ4n) is 12.0. The van der Waals surface area contributed by atoms with Crippen molar-refractivity contribution in [3.05, 3.63) is 405 Å². The average molecular weight is 1610 g/mol. The van der Waals surface area contributed by atoms with E-state index in [2.05, 4.69) is 51.0 Å². The molecule has 121 heavy (non-hydrogen) atoms. The van der Waals surface area contributed by atoms with Gasteiger partial charge in [0.2, 0.25) is 0 Å². The molecule has 0 fully saturated rings. The number of allylic oxidation sites excluding steroid dienone is 5. The van der Waals surface area contributed by atoms with Gasteiger partial charge in [0, 0.05) is 61.2 Å². The van der Waals surface area contributed by atoms with Gasteiger partial charge in [-0.2, -0.15) is 25.5 Å². The first kappa shape index (κ1) is 86.5. The van der Waals surface area contributed by atoms with E-state index >= 15 is 0 Å². The molecule has 0 spiro atoms. The van der Waals surface area contributed by atoms with E-state index in [9.17, 15) is 49.5 Å². The minimum Gasteiger partial charge on any atom is -0.497 e. The van der Waals surface area contributed by atoms with E-state index in [1.54, 1.807) is 141 Å². The third kappa shape index (κ3) is 25.1. The van der Waals surface area contributed by atoms with Gasteiger partial charge in [-0.25, -0.2) is 0 Å². The molecule has 23 heteroatoms. The molecule has 0 radical (unpaired) electrons. The molecule has 0 bridgehead atoms. The first-order chi connectivity index (χ1) is 59.1. The van der Waals surface area contributed by atoms with Crippen LogP contribution in [0, 0.1) is 0 Å². The number of H-pyrrole nitrogens is 5. The van der Waals surface area contributed by atoms with Gasteiger partial charge in [0.05, 0.1) is 111 Å². The Morgan fingerprint density at radius 2 is 0.579 bits per heavy atom. The normalized spacial score (nSPS) is 11.0. The highest BCUT2D eigenvalue weighted by Gasteiger charge is 2.16. The van der Waals surface area contributed by atoms with E-state index in [0.717, 1.165) is 61.7 Å². The number of carbonyl (C=O) groups is 5. The van der Waals surface area contributed by atoms with Gasteiger partial charge in [-0.15, -0.1) is 0 Å². The van der Waals surface area contributed by atoms with Crippen LogP contribution in [0.25, 0.3) is 86.7 Å². The fraction of sp³-hybridized carbons (Fsp3) is 0.0816. The number of aromatic nitrogens is 10. The molecule has 0 aliphatic heterocycles. The highest BCUT2D eigenvalue weighted by Crippen LogP contribution is 2.32. The Morgan fingerprint density at radius 1 is 0.273 bits per heavy atom. The summed E-state index contributed by atoms with van der Waals surface area (Å²) in [7, 11) is 3.08. The number of nitrogens with zero attached hydrogens (tertiary/aromatic N) is 5. The summed E-state index contributed by atoms with van der Waals surface area (Å²) in [6.45, 7) is -0.763. The maximum atomic E-state index is 12.1. The number of aromatic amines is 5. The number of carbonyl (C=O) groups excluding carboxylic acids is 5. The first-order valence-electron chi connectivity index (χ1n) is 38.1. The molecule has 0 unspecified atom stereocenters. The lowest BCUT2D eigenvalue weighted by Crippen LogP contribution is -1.99. The monoisotopic (exact) mass is 1610 g/mol. The molecule has 15 rings (SSSR count). The van der Waals surface area contributed by atoms with Gasteiger partial charge in [0.1, 0.15) is 11.5 Å². The van der Waals surface area contributed by atoms with E-state index in [-0.39, 0.29) is 68.6 Å². The quantitative estimate of drug-likeness (QED) is 0.0160. The smallest absolute Gasteiger partial charge is 0.185 e. The van der Waals surface area contributed by atoms with E-state index in [1.165, 1.54) is 31.4 Å². The number of ketones is 5. The predicted molar refractivity (Wildman–Crippen MR) is 468 cm³/mol. The van der Waals surface area contributed by atoms with Crippen molar-refractivity contribution >= 4 is 59.3 Å². The summed E-state index contributed by atoms with van der Waals surface area (Å²) >= 11 is 0. The lowest BCUT2D eigenvalue weighted by Gasteiger charge is -2.12. The largest absolute Gasteiger partial charge is 0.497 e. The molecule has 5 aromatic heterocycles. The minimum absolute atomic E-state index is 0.0218. The second kappa shape index (κ2) is 44.7. The molecule has 606 valence electrons. The van der Waals surface area contributed by atoms with Crippen molar-refractivity contribution in [3.8, 4) is 67.8 Å². The van der Waals surface area contributed by atoms with Crippen LogP contribution in [-0.2, 0) is 39.6 Å². The number of ether oxygens (including phenoxy) is 2. The fourth-order valence-corrected chi connectivity index (χ4v) is 12.0. The van der Waals surface area contributed by atoms with Crippen LogP contribution in [0.4, 0.5) is 0 Å². The van der Waals surface area contributed by atoms with E-state index in [0.29, 0.717) is 95.7 Å². The summed E-state index contributed by atoms with van der Waals surface area (Å²) in [5.74, 6) is 0.829. The van der Waals surface area contributed by atoms with Gasteiger partial charge in [-0.05, 0) is 155 Å². The molecule has 0 amide bonds. The van der Waals surface area contributed by atoms with Crippen LogP contribution in [0.15, 0.2) is 315 Å². The van der Waals surface area contributed by atoms with Gasteiger partial charge in [-0.1, -0.05) is 218 Å². The number of hydrogen-bond acceptors (Lipinski definition) is 18. The van der Waals surface area contributed by atoms with Crippen LogP contribution in [0.1, 0.15) is 114 Å². The van der Waals surface area contributed by atoms with Crippen LogP contribution in [0.2, 0.25) is 0 Å². The van der Waals surface area contributed by atoms with Crippen LogP contribution in [-0.4, -0.2) is 125 Å². The second-order valence-corrected chi connectivity index (χ2v) is 26.7. The molecule has 15 aromatic rings. The number of hydrogen-bond donors (Lipinski definition) is 11. The van der Waals surface area contributed by atoms with E-state index < -0.39 is 0 Å². The minimum atomic E-state index is -0.227. The molecule has 10 aromatic carbocycles. The summed E-state index contributed by atoms with van der Waals surface area (Å²) in [5.41, 5.74) is 19.0. The molecule has 0 aliphatic rings. The van der Waals surface area contributed by atoms with Gasteiger partial charge < -0.3 is 40.1 Å². The first-order valence-corrected chi connectivity index (χ1v) is 38.1. The topological polar surface area (TPSA) is 369 Å². The van der Waals surface area contributed by atoms with Crippen molar-refractivity contribution in [2.45, 2.75) is 39.6 Å². The van der Waals surface area contributed by atoms with Crippen molar-refractivity contribution < 1.29 is 64.1 Å². The van der Waals surface area contributed by atoms with Crippen molar-refractivity contribution in [2.75, 3.05) is 14.2 Å². The molecule has 23 nitrogen and oxygen atoms in total. The lowest BCUT2D eigenvalue weighted by atomic mass is 10.0. The Morgan fingerprint density at radius 3 is 0.901 bits per heavy atom. The maximum absolute atomic E-state index is 12.1. The van der Waals surface area contributed by atoms with Crippen LogP contribution >= 0.6 is 0 Å². The number of rotatable bonds is 28.